The summed E-state index contributed by atoms with van der Waals surface area (Å²) in [5.74, 6) is -0.209. The summed E-state index contributed by atoms with van der Waals surface area (Å²) in [5.41, 5.74) is 6.92. The second-order valence-corrected chi connectivity index (χ2v) is 11.4. The van der Waals surface area contributed by atoms with E-state index in [1.54, 1.807) is 17.5 Å². The molecule has 0 atom stereocenters. The number of thiazole rings is 1. The Kier molecular flexibility index (Phi) is 6.55. The number of piperidine rings is 1. The van der Waals surface area contributed by atoms with Gasteiger partial charge in [0.2, 0.25) is 5.91 Å². The Balaban J connectivity index is 1.27. The average Bonchev–Trinajstić information content (AvgIpc) is 3.16. The van der Waals surface area contributed by atoms with Crippen LogP contribution in [0, 0.1) is 16.7 Å². The smallest absolute Gasteiger partial charge is 0.289 e. The van der Waals surface area contributed by atoms with Crippen LogP contribution >= 0.6 is 11.3 Å². The molecule has 182 valence electrons. The second kappa shape index (κ2) is 9.13. The summed E-state index contributed by atoms with van der Waals surface area (Å²) in [4.78, 5) is 44.3. The van der Waals surface area contributed by atoms with E-state index >= 15 is 0 Å². The van der Waals surface area contributed by atoms with E-state index in [1.165, 1.54) is 11.3 Å². The van der Waals surface area contributed by atoms with Gasteiger partial charge in [-0.1, -0.05) is 46.8 Å². The number of nitrogens with zero attached hydrogens (tertiary/aromatic N) is 2. The molecule has 2 aromatic rings. The lowest BCUT2D eigenvalue weighted by Crippen LogP contribution is -2.41. The molecule has 0 spiro atoms. The Morgan fingerprint density at radius 1 is 1.00 bits per heavy atom. The predicted octanol–water partition coefficient (Wildman–Crippen LogP) is 4.17. The van der Waals surface area contributed by atoms with Crippen molar-refractivity contribution < 1.29 is 14.4 Å². The van der Waals surface area contributed by atoms with Crippen LogP contribution in [0.25, 0.3) is 0 Å². The normalized spacial score (nSPS) is 19.5. The van der Waals surface area contributed by atoms with E-state index in [1.807, 2.05) is 17.0 Å². The van der Waals surface area contributed by atoms with Gasteiger partial charge in [0, 0.05) is 35.9 Å². The Bertz CT molecular complexity index is 1070. The lowest BCUT2D eigenvalue weighted by Gasteiger charge is -2.31. The van der Waals surface area contributed by atoms with Crippen LogP contribution in [0.1, 0.15) is 84.8 Å². The van der Waals surface area contributed by atoms with Crippen LogP contribution in [-0.2, 0) is 11.2 Å². The summed E-state index contributed by atoms with van der Waals surface area (Å²) in [6.07, 6.45) is 2.59. The Labute approximate surface area is 205 Å². The number of carbonyl (C=O) groups is 3. The molecule has 34 heavy (non-hydrogen) atoms. The summed E-state index contributed by atoms with van der Waals surface area (Å²) < 4.78 is 0. The monoisotopic (exact) mass is 482 g/mol. The van der Waals surface area contributed by atoms with Crippen molar-refractivity contribution >= 4 is 29.1 Å². The molecule has 2 fully saturated rings. The van der Waals surface area contributed by atoms with Gasteiger partial charge in [0.25, 0.3) is 11.8 Å². The number of hydrogen-bond acceptors (Lipinski definition) is 5. The van der Waals surface area contributed by atoms with Gasteiger partial charge in [-0.25, -0.2) is 4.98 Å². The van der Waals surface area contributed by atoms with E-state index in [0.717, 1.165) is 42.9 Å². The van der Waals surface area contributed by atoms with Gasteiger partial charge in [0.15, 0.2) is 0 Å². The molecule has 2 N–H and O–H groups in total. The number of carbonyl (C=O) groups excluding carboxylic acids is 3. The van der Waals surface area contributed by atoms with Crippen molar-refractivity contribution in [3.8, 4) is 0 Å². The number of hydrazine groups is 1. The van der Waals surface area contributed by atoms with Crippen molar-refractivity contribution in [1.29, 1.82) is 0 Å². The summed E-state index contributed by atoms with van der Waals surface area (Å²) in [6, 6.07) is 7.27. The molecule has 8 heteroatoms. The highest BCUT2D eigenvalue weighted by atomic mass is 32.1. The van der Waals surface area contributed by atoms with Crippen molar-refractivity contribution in [2.45, 2.75) is 59.8 Å². The maximum atomic E-state index is 13.0. The highest BCUT2D eigenvalue weighted by Gasteiger charge is 2.68. The second-order valence-electron chi connectivity index (χ2n) is 10.5. The molecular weight excluding hydrogens is 448 g/mol. The van der Waals surface area contributed by atoms with Crippen molar-refractivity contribution in [2.75, 3.05) is 13.1 Å². The molecule has 1 saturated carbocycles. The van der Waals surface area contributed by atoms with Crippen LogP contribution < -0.4 is 10.9 Å². The maximum absolute atomic E-state index is 13.0. The molecule has 4 rings (SSSR count). The SMILES string of the molecule is CCc1ccc(C(=O)NNC(=O)c2csc(C3CCN(C(=O)C4C(C)(C)C4(C)C)CC3)n2)cc1. The standard InChI is InChI=1S/C26H34N4O3S/c1-6-16-7-9-17(10-8-16)21(31)28-29-22(32)19-15-34-23(27-19)18-11-13-30(14-12-18)24(33)20-25(2,3)26(20,4)5/h7-10,15,18,20H,6,11-14H2,1-5H3,(H,28,31)(H,29,32). The van der Waals surface area contributed by atoms with Gasteiger partial charge in [-0.3, -0.25) is 25.2 Å². The Morgan fingerprint density at radius 2 is 1.59 bits per heavy atom. The van der Waals surface area contributed by atoms with Gasteiger partial charge >= 0.3 is 0 Å². The lowest BCUT2D eigenvalue weighted by molar-refractivity contribution is -0.134. The van der Waals surface area contributed by atoms with Crippen molar-refractivity contribution in [2.24, 2.45) is 16.7 Å². The van der Waals surface area contributed by atoms with Crippen LogP contribution in [0.5, 0.6) is 0 Å². The van der Waals surface area contributed by atoms with Crippen LogP contribution in [0.2, 0.25) is 0 Å². The number of likely N-dealkylation sites (tertiary alicyclic amines) is 1. The van der Waals surface area contributed by atoms with Gasteiger partial charge in [-0.15, -0.1) is 11.3 Å². The zero-order valence-electron chi connectivity index (χ0n) is 20.6. The summed E-state index contributed by atoms with van der Waals surface area (Å²) in [6.45, 7) is 12.2. The van der Waals surface area contributed by atoms with Crippen LogP contribution in [0.3, 0.4) is 0 Å². The fourth-order valence-electron chi connectivity index (χ4n) is 5.06. The van der Waals surface area contributed by atoms with E-state index in [2.05, 4.69) is 50.5 Å². The summed E-state index contributed by atoms with van der Waals surface area (Å²) in [5, 5.41) is 2.63. The minimum absolute atomic E-state index is 0.0485. The molecule has 0 bridgehead atoms. The van der Waals surface area contributed by atoms with E-state index < -0.39 is 5.91 Å². The van der Waals surface area contributed by atoms with Crippen LogP contribution in [-0.4, -0.2) is 40.7 Å². The van der Waals surface area contributed by atoms with Gasteiger partial charge in [-0.2, -0.15) is 0 Å². The first-order valence-electron chi connectivity index (χ1n) is 12.0. The molecular formula is C26H34N4O3S. The molecule has 1 aliphatic heterocycles. The molecule has 0 unspecified atom stereocenters. The van der Waals surface area contributed by atoms with Gasteiger partial charge in [-0.05, 0) is 47.8 Å². The molecule has 3 amide bonds. The number of hydrogen-bond donors (Lipinski definition) is 2. The first-order valence-corrected chi connectivity index (χ1v) is 12.9. The fraction of sp³-hybridized carbons (Fsp3) is 0.538. The highest BCUT2D eigenvalue weighted by molar-refractivity contribution is 7.09. The van der Waals surface area contributed by atoms with E-state index in [-0.39, 0.29) is 34.5 Å². The third kappa shape index (κ3) is 4.48. The molecule has 2 aliphatic rings. The van der Waals surface area contributed by atoms with E-state index in [4.69, 9.17) is 0 Å². The zero-order chi connectivity index (χ0) is 24.7. The summed E-state index contributed by atoms with van der Waals surface area (Å²) in [7, 11) is 0. The number of aromatic nitrogens is 1. The first-order chi connectivity index (χ1) is 16.1. The molecule has 1 aliphatic carbocycles. The molecule has 2 heterocycles. The van der Waals surface area contributed by atoms with Crippen molar-refractivity contribution in [3.63, 3.8) is 0 Å². The van der Waals surface area contributed by atoms with E-state index in [0.29, 0.717) is 11.3 Å². The molecule has 1 aromatic heterocycles. The highest BCUT2D eigenvalue weighted by Crippen LogP contribution is 2.68. The van der Waals surface area contributed by atoms with Gasteiger partial charge in [0.05, 0.1) is 5.01 Å². The maximum Gasteiger partial charge on any atom is 0.289 e. The Hall–Kier alpha value is -2.74. The molecule has 0 radical (unpaired) electrons. The van der Waals surface area contributed by atoms with Crippen LogP contribution in [0.15, 0.2) is 29.6 Å². The minimum Gasteiger partial charge on any atom is -0.342 e. The topological polar surface area (TPSA) is 91.4 Å². The first kappa shape index (κ1) is 24.4. The van der Waals surface area contributed by atoms with Gasteiger partial charge in [0.1, 0.15) is 5.69 Å². The van der Waals surface area contributed by atoms with E-state index in [9.17, 15) is 14.4 Å². The lowest BCUT2D eigenvalue weighted by atomic mass is 9.96. The number of amides is 3. The number of rotatable bonds is 5. The quantitative estimate of drug-likeness (QED) is 0.626. The predicted molar refractivity (Wildman–Crippen MR) is 132 cm³/mol. The minimum atomic E-state index is -0.438. The summed E-state index contributed by atoms with van der Waals surface area (Å²) >= 11 is 1.46. The van der Waals surface area contributed by atoms with Crippen molar-refractivity contribution in [1.82, 2.24) is 20.7 Å². The fourth-order valence-corrected chi connectivity index (χ4v) is 6.04. The van der Waals surface area contributed by atoms with Crippen LogP contribution in [0.4, 0.5) is 0 Å². The molecule has 7 nitrogen and oxygen atoms in total. The number of aryl methyl sites for hydroxylation is 1. The third-order valence-electron chi connectivity index (χ3n) is 8.09. The third-order valence-corrected chi connectivity index (χ3v) is 9.10. The largest absolute Gasteiger partial charge is 0.342 e. The van der Waals surface area contributed by atoms with Crippen molar-refractivity contribution in [3.05, 3.63) is 51.5 Å². The number of nitrogens with one attached hydrogen (secondary N) is 2. The average molecular weight is 483 g/mol. The Morgan fingerprint density at radius 3 is 2.15 bits per heavy atom. The molecule has 1 aromatic carbocycles. The van der Waals surface area contributed by atoms with Gasteiger partial charge < -0.3 is 4.90 Å². The zero-order valence-corrected chi connectivity index (χ0v) is 21.4. The molecule has 1 saturated heterocycles. The number of benzene rings is 1.